The van der Waals surface area contributed by atoms with E-state index in [9.17, 15) is 9.59 Å². The van der Waals surface area contributed by atoms with Crippen LogP contribution in [0.4, 0.5) is 4.79 Å². The quantitative estimate of drug-likeness (QED) is 0.799. The molecule has 104 valence electrons. The normalized spacial score (nSPS) is 18.4. The van der Waals surface area contributed by atoms with Crippen molar-refractivity contribution >= 4 is 23.8 Å². The van der Waals surface area contributed by atoms with Gasteiger partial charge in [0.2, 0.25) is 0 Å². The van der Waals surface area contributed by atoms with Crippen LogP contribution in [0.5, 0.6) is 0 Å². The average Bonchev–Trinajstić information content (AvgIpc) is 2.38. The lowest BCUT2D eigenvalue weighted by molar-refractivity contribution is -0.143. The number of aliphatic carboxylic acids is 1. The fourth-order valence-corrected chi connectivity index (χ4v) is 2.30. The molecule has 0 spiro atoms. The summed E-state index contributed by atoms with van der Waals surface area (Å²) in [6.45, 7) is 3.90. The molecule has 0 aromatic heterocycles. The molecule has 5 nitrogen and oxygen atoms in total. The molecule has 1 heterocycles. The number of carboxylic acids is 1. The summed E-state index contributed by atoms with van der Waals surface area (Å²) < 4.78 is 0. The second-order valence-corrected chi connectivity index (χ2v) is 5.94. The lowest BCUT2D eigenvalue weighted by Gasteiger charge is -2.30. The van der Waals surface area contributed by atoms with Crippen molar-refractivity contribution in [3.63, 3.8) is 0 Å². The third kappa shape index (κ3) is 4.76. The number of hydrogen-bond donors (Lipinski definition) is 2. The van der Waals surface area contributed by atoms with Crippen molar-refractivity contribution in [2.75, 3.05) is 25.9 Å². The summed E-state index contributed by atoms with van der Waals surface area (Å²) in [6, 6.07) is -0.0628. The summed E-state index contributed by atoms with van der Waals surface area (Å²) in [5.41, 5.74) is 0. The molecule has 1 atom stereocenters. The van der Waals surface area contributed by atoms with Crippen LogP contribution in [0.15, 0.2) is 0 Å². The van der Waals surface area contributed by atoms with Gasteiger partial charge >= 0.3 is 12.0 Å². The Morgan fingerprint density at radius 3 is 2.56 bits per heavy atom. The SMILES string of the molecule is CSC(C)CCNC(=O)N1CCC(C(=O)O)CC1. The number of thioether (sulfide) groups is 1. The number of carbonyl (C=O) groups excluding carboxylic acids is 1. The Hall–Kier alpha value is -0.910. The van der Waals surface area contributed by atoms with E-state index >= 15 is 0 Å². The third-order valence-corrected chi connectivity index (χ3v) is 4.40. The predicted molar refractivity (Wildman–Crippen MR) is 72.9 cm³/mol. The zero-order valence-electron chi connectivity index (χ0n) is 11.0. The maximum absolute atomic E-state index is 11.8. The zero-order chi connectivity index (χ0) is 13.5. The van der Waals surface area contributed by atoms with E-state index in [0.29, 0.717) is 37.7 Å². The van der Waals surface area contributed by atoms with Gasteiger partial charge in [-0.3, -0.25) is 4.79 Å². The number of nitrogens with one attached hydrogen (secondary N) is 1. The number of amides is 2. The van der Waals surface area contributed by atoms with Gasteiger partial charge in [-0.25, -0.2) is 4.79 Å². The van der Waals surface area contributed by atoms with Gasteiger partial charge in [0, 0.05) is 24.9 Å². The molecular weight excluding hydrogens is 252 g/mol. The first-order valence-electron chi connectivity index (χ1n) is 6.33. The Labute approximate surface area is 112 Å². The molecule has 0 aliphatic carbocycles. The molecular formula is C12H22N2O3S. The summed E-state index contributed by atoms with van der Waals surface area (Å²) in [5.74, 6) is -1.03. The Morgan fingerprint density at radius 2 is 2.06 bits per heavy atom. The molecule has 1 fully saturated rings. The summed E-state index contributed by atoms with van der Waals surface area (Å²) in [6.07, 6.45) is 4.13. The maximum Gasteiger partial charge on any atom is 0.317 e. The number of piperidine rings is 1. The van der Waals surface area contributed by atoms with Gasteiger partial charge in [-0.2, -0.15) is 11.8 Å². The van der Waals surface area contributed by atoms with Gasteiger partial charge < -0.3 is 15.3 Å². The van der Waals surface area contributed by atoms with E-state index in [0.717, 1.165) is 6.42 Å². The van der Waals surface area contributed by atoms with E-state index in [-0.39, 0.29) is 11.9 Å². The van der Waals surface area contributed by atoms with Crippen LogP contribution >= 0.6 is 11.8 Å². The number of carbonyl (C=O) groups is 2. The molecule has 0 aromatic rings. The molecule has 0 bridgehead atoms. The van der Waals surface area contributed by atoms with Gasteiger partial charge in [0.15, 0.2) is 0 Å². The van der Waals surface area contributed by atoms with Gasteiger partial charge in [0.05, 0.1) is 5.92 Å². The van der Waals surface area contributed by atoms with Crippen molar-refractivity contribution in [1.29, 1.82) is 0 Å². The molecule has 0 aromatic carbocycles. The van der Waals surface area contributed by atoms with E-state index in [1.165, 1.54) is 0 Å². The molecule has 1 unspecified atom stereocenters. The lowest BCUT2D eigenvalue weighted by atomic mass is 9.97. The summed E-state index contributed by atoms with van der Waals surface area (Å²) >= 11 is 1.79. The summed E-state index contributed by atoms with van der Waals surface area (Å²) in [7, 11) is 0. The standard InChI is InChI=1S/C12H22N2O3S/c1-9(18-2)3-6-13-12(17)14-7-4-10(5-8-14)11(15)16/h9-10H,3-8H2,1-2H3,(H,13,17)(H,15,16). The third-order valence-electron chi connectivity index (χ3n) is 3.36. The molecule has 18 heavy (non-hydrogen) atoms. The van der Waals surface area contributed by atoms with Crippen molar-refractivity contribution in [2.24, 2.45) is 5.92 Å². The Kier molecular flexibility index (Phi) is 6.32. The summed E-state index contributed by atoms with van der Waals surface area (Å²) in [4.78, 5) is 24.3. The highest BCUT2D eigenvalue weighted by Crippen LogP contribution is 2.17. The predicted octanol–water partition coefficient (Wildman–Crippen LogP) is 1.63. The van der Waals surface area contributed by atoms with Gasteiger partial charge in [-0.05, 0) is 25.5 Å². The molecule has 0 saturated carbocycles. The largest absolute Gasteiger partial charge is 0.481 e. The minimum absolute atomic E-state index is 0.0628. The van der Waals surface area contributed by atoms with E-state index < -0.39 is 5.97 Å². The van der Waals surface area contributed by atoms with Crippen LogP contribution in [0.3, 0.4) is 0 Å². The lowest BCUT2D eigenvalue weighted by Crippen LogP contribution is -2.45. The number of hydrogen-bond acceptors (Lipinski definition) is 3. The first-order chi connectivity index (χ1) is 8.54. The van der Waals surface area contributed by atoms with E-state index in [2.05, 4.69) is 18.5 Å². The van der Waals surface area contributed by atoms with Crippen molar-refractivity contribution < 1.29 is 14.7 Å². The number of nitrogens with zero attached hydrogens (tertiary/aromatic N) is 1. The highest BCUT2D eigenvalue weighted by Gasteiger charge is 2.26. The van der Waals surface area contributed by atoms with Crippen LogP contribution in [0.25, 0.3) is 0 Å². The highest BCUT2D eigenvalue weighted by atomic mass is 32.2. The smallest absolute Gasteiger partial charge is 0.317 e. The van der Waals surface area contributed by atoms with E-state index in [4.69, 9.17) is 5.11 Å². The molecule has 1 aliphatic rings. The molecule has 1 saturated heterocycles. The molecule has 1 rings (SSSR count). The van der Waals surface area contributed by atoms with E-state index in [1.54, 1.807) is 16.7 Å². The van der Waals surface area contributed by atoms with Crippen LogP contribution in [0, 0.1) is 5.92 Å². The van der Waals surface area contributed by atoms with E-state index in [1.807, 2.05) is 0 Å². The van der Waals surface area contributed by atoms with Crippen LogP contribution in [-0.4, -0.2) is 53.1 Å². The Morgan fingerprint density at radius 1 is 1.44 bits per heavy atom. The van der Waals surface area contributed by atoms with Crippen molar-refractivity contribution in [3.8, 4) is 0 Å². The van der Waals surface area contributed by atoms with Crippen molar-refractivity contribution in [1.82, 2.24) is 10.2 Å². The minimum Gasteiger partial charge on any atom is -0.481 e. The first-order valence-corrected chi connectivity index (χ1v) is 7.61. The zero-order valence-corrected chi connectivity index (χ0v) is 11.8. The average molecular weight is 274 g/mol. The fraction of sp³-hybridized carbons (Fsp3) is 0.833. The summed E-state index contributed by atoms with van der Waals surface area (Å²) in [5, 5.41) is 12.3. The van der Waals surface area contributed by atoms with Crippen LogP contribution < -0.4 is 5.32 Å². The number of likely N-dealkylation sites (tertiary alicyclic amines) is 1. The number of urea groups is 1. The van der Waals surface area contributed by atoms with Gasteiger partial charge in [0.1, 0.15) is 0 Å². The topological polar surface area (TPSA) is 69.6 Å². The first kappa shape index (κ1) is 15.1. The second kappa shape index (κ2) is 7.51. The highest BCUT2D eigenvalue weighted by molar-refractivity contribution is 7.99. The van der Waals surface area contributed by atoms with Crippen LogP contribution in [-0.2, 0) is 4.79 Å². The minimum atomic E-state index is -0.746. The molecule has 2 amide bonds. The van der Waals surface area contributed by atoms with Crippen molar-refractivity contribution in [3.05, 3.63) is 0 Å². The molecule has 2 N–H and O–H groups in total. The molecule has 6 heteroatoms. The van der Waals surface area contributed by atoms with Gasteiger partial charge in [-0.15, -0.1) is 0 Å². The molecule has 1 aliphatic heterocycles. The monoisotopic (exact) mass is 274 g/mol. The van der Waals surface area contributed by atoms with Crippen LogP contribution in [0.1, 0.15) is 26.2 Å². The number of carboxylic acid groups (broad SMARTS) is 1. The maximum atomic E-state index is 11.8. The van der Waals surface area contributed by atoms with Gasteiger partial charge in [0.25, 0.3) is 0 Å². The Balaban J connectivity index is 2.22. The fourth-order valence-electron chi connectivity index (χ4n) is 1.94. The van der Waals surface area contributed by atoms with Crippen molar-refractivity contribution in [2.45, 2.75) is 31.4 Å². The van der Waals surface area contributed by atoms with Gasteiger partial charge in [-0.1, -0.05) is 6.92 Å². The van der Waals surface area contributed by atoms with Crippen LogP contribution in [0.2, 0.25) is 0 Å². The second-order valence-electron chi connectivity index (χ2n) is 4.67. The molecule has 0 radical (unpaired) electrons. The Bertz CT molecular complexity index is 291. The number of rotatable bonds is 5.